The summed E-state index contributed by atoms with van der Waals surface area (Å²) in [5, 5.41) is 23.8. The maximum absolute atomic E-state index is 13.0. The lowest BCUT2D eigenvalue weighted by atomic mass is 9.84. The summed E-state index contributed by atoms with van der Waals surface area (Å²) in [4.78, 5) is 24.2. The predicted molar refractivity (Wildman–Crippen MR) is 154 cm³/mol. The van der Waals surface area contributed by atoms with E-state index in [0.29, 0.717) is 52.9 Å². The zero-order valence-corrected chi connectivity index (χ0v) is 23.1. The van der Waals surface area contributed by atoms with Gasteiger partial charge in [-0.05, 0) is 61.7 Å². The number of nitrogens with one attached hydrogen (secondary N) is 1. The van der Waals surface area contributed by atoms with Crippen LogP contribution in [0.4, 0.5) is 0 Å². The van der Waals surface area contributed by atoms with Crippen molar-refractivity contribution in [1.29, 1.82) is 5.26 Å². The van der Waals surface area contributed by atoms with E-state index in [-0.39, 0.29) is 29.5 Å². The fraction of sp³-hybridized carbons (Fsp3) is 0.375. The zero-order chi connectivity index (χ0) is 28.6. The second-order valence-electron chi connectivity index (χ2n) is 11.2. The highest BCUT2D eigenvalue weighted by Crippen LogP contribution is 2.37. The Morgan fingerprint density at radius 2 is 1.93 bits per heavy atom. The van der Waals surface area contributed by atoms with Gasteiger partial charge in [0.05, 0.1) is 24.3 Å². The van der Waals surface area contributed by atoms with E-state index in [0.717, 1.165) is 56.4 Å². The zero-order valence-electron chi connectivity index (χ0n) is 23.1. The minimum absolute atomic E-state index is 0.0231. The molecule has 4 aromatic rings. The largest absolute Gasteiger partial charge is 0.506 e. The van der Waals surface area contributed by atoms with E-state index in [9.17, 15) is 15.2 Å². The summed E-state index contributed by atoms with van der Waals surface area (Å²) >= 11 is 0. The minimum Gasteiger partial charge on any atom is -0.506 e. The molecule has 214 valence electrons. The first kappa shape index (κ1) is 26.4. The molecule has 4 fully saturated rings. The molecule has 1 unspecified atom stereocenters. The van der Waals surface area contributed by atoms with Crippen LogP contribution in [0.5, 0.6) is 11.5 Å². The van der Waals surface area contributed by atoms with E-state index in [1.54, 1.807) is 18.3 Å². The predicted octanol–water partition coefficient (Wildman–Crippen LogP) is 4.52. The first-order chi connectivity index (χ1) is 20.6. The number of hydrogen-bond donors (Lipinski definition) is 2. The van der Waals surface area contributed by atoms with Crippen LogP contribution in [0.3, 0.4) is 0 Å². The number of furan rings is 1. The lowest BCUT2D eigenvalue weighted by Crippen LogP contribution is -2.57. The maximum atomic E-state index is 13.0. The molecule has 10 nitrogen and oxygen atoms in total. The van der Waals surface area contributed by atoms with Gasteiger partial charge < -0.3 is 29.2 Å². The van der Waals surface area contributed by atoms with Crippen LogP contribution in [0.2, 0.25) is 0 Å². The second-order valence-corrected chi connectivity index (χ2v) is 11.2. The lowest BCUT2D eigenvalue weighted by Gasteiger charge is -2.44. The molecule has 2 bridgehead atoms. The van der Waals surface area contributed by atoms with Gasteiger partial charge in [0.1, 0.15) is 34.9 Å². The number of benzene rings is 1. The third-order valence-electron chi connectivity index (χ3n) is 8.62. The Kier molecular flexibility index (Phi) is 6.98. The van der Waals surface area contributed by atoms with Crippen LogP contribution >= 0.6 is 0 Å². The van der Waals surface area contributed by atoms with Gasteiger partial charge in [-0.2, -0.15) is 5.26 Å². The van der Waals surface area contributed by atoms with Crippen molar-refractivity contribution in [1.82, 2.24) is 20.2 Å². The van der Waals surface area contributed by atoms with E-state index in [1.807, 2.05) is 18.2 Å². The molecule has 1 aromatic carbocycles. The first-order valence-corrected chi connectivity index (χ1v) is 14.5. The Balaban J connectivity index is 1.13. The van der Waals surface area contributed by atoms with Gasteiger partial charge in [-0.25, -0.2) is 4.98 Å². The standard InChI is InChI=1S/C32H31N5O5/c33-16-21-13-20(1-2-28(21)41-23-6-11-40-12-7-23)24-3-8-34-25-15-29(42-31(24)25)30-27(38)14-22(17-35-30)32(39)36-26-18-37-9-4-19(26)5-10-37/h1-3,8,13-15,17,19,23,26,38H,4-7,9-12,18H2,(H,36,39). The van der Waals surface area contributed by atoms with E-state index < -0.39 is 0 Å². The molecule has 2 N–H and O–H groups in total. The number of aromatic hydroxyl groups is 1. The molecule has 0 spiro atoms. The summed E-state index contributed by atoms with van der Waals surface area (Å²) in [6.07, 6.45) is 6.94. The van der Waals surface area contributed by atoms with Crippen molar-refractivity contribution in [2.45, 2.75) is 37.8 Å². The normalized spacial score (nSPS) is 22.1. The van der Waals surface area contributed by atoms with Crippen LogP contribution < -0.4 is 10.1 Å². The number of amides is 1. The molecule has 1 atom stereocenters. The van der Waals surface area contributed by atoms with E-state index >= 15 is 0 Å². The molecule has 4 aliphatic heterocycles. The molecule has 42 heavy (non-hydrogen) atoms. The average Bonchev–Trinajstić information content (AvgIpc) is 3.47. The van der Waals surface area contributed by atoms with Gasteiger partial charge in [0, 0.05) is 49.5 Å². The van der Waals surface area contributed by atoms with Crippen LogP contribution in [-0.4, -0.2) is 70.9 Å². The number of fused-ring (bicyclic) bond motifs is 4. The van der Waals surface area contributed by atoms with Crippen LogP contribution in [-0.2, 0) is 4.74 Å². The van der Waals surface area contributed by atoms with Crippen molar-refractivity contribution in [3.63, 3.8) is 0 Å². The molecule has 0 saturated carbocycles. The number of aromatic nitrogens is 2. The monoisotopic (exact) mass is 565 g/mol. The fourth-order valence-corrected chi connectivity index (χ4v) is 6.29. The van der Waals surface area contributed by atoms with Crippen molar-refractivity contribution >= 4 is 17.0 Å². The van der Waals surface area contributed by atoms with Crippen LogP contribution in [0.15, 0.2) is 53.2 Å². The Morgan fingerprint density at radius 1 is 1.10 bits per heavy atom. The van der Waals surface area contributed by atoms with Crippen LogP contribution in [0.1, 0.15) is 41.6 Å². The van der Waals surface area contributed by atoms with Gasteiger partial charge in [0.2, 0.25) is 0 Å². The molecule has 4 saturated heterocycles. The van der Waals surface area contributed by atoms with Gasteiger partial charge in [0.25, 0.3) is 5.91 Å². The van der Waals surface area contributed by atoms with Crippen molar-refractivity contribution < 1.29 is 23.8 Å². The van der Waals surface area contributed by atoms with E-state index in [2.05, 4.69) is 26.3 Å². The van der Waals surface area contributed by atoms with Crippen molar-refractivity contribution in [3.8, 4) is 40.1 Å². The van der Waals surface area contributed by atoms with Gasteiger partial charge in [0.15, 0.2) is 11.3 Å². The number of nitrogens with zero attached hydrogens (tertiary/aromatic N) is 4. The lowest BCUT2D eigenvalue weighted by molar-refractivity contribution is 0.0254. The number of ether oxygens (including phenoxy) is 2. The molecule has 1 amide bonds. The van der Waals surface area contributed by atoms with Gasteiger partial charge in [-0.3, -0.25) is 9.78 Å². The van der Waals surface area contributed by atoms with Gasteiger partial charge in [-0.15, -0.1) is 0 Å². The number of carbonyl (C=O) groups excluding carboxylic acids is 1. The summed E-state index contributed by atoms with van der Waals surface area (Å²) in [7, 11) is 0. The van der Waals surface area contributed by atoms with Crippen molar-refractivity contribution in [2.75, 3.05) is 32.8 Å². The quantitative estimate of drug-likeness (QED) is 0.346. The highest BCUT2D eigenvalue weighted by Gasteiger charge is 2.35. The molecule has 8 rings (SSSR count). The number of carbonyl (C=O) groups is 1. The maximum Gasteiger partial charge on any atom is 0.253 e. The van der Waals surface area contributed by atoms with E-state index in [1.165, 1.54) is 12.3 Å². The average molecular weight is 566 g/mol. The number of nitriles is 1. The summed E-state index contributed by atoms with van der Waals surface area (Å²) < 4.78 is 17.7. The topological polar surface area (TPSA) is 134 Å². The minimum atomic E-state index is -0.241. The summed E-state index contributed by atoms with van der Waals surface area (Å²) in [5.41, 5.74) is 3.55. The third-order valence-corrected chi connectivity index (χ3v) is 8.62. The summed E-state index contributed by atoms with van der Waals surface area (Å²) in [6.45, 7) is 4.36. The summed E-state index contributed by atoms with van der Waals surface area (Å²) in [6, 6.07) is 12.8. The molecule has 3 aromatic heterocycles. The first-order valence-electron chi connectivity index (χ1n) is 14.5. The van der Waals surface area contributed by atoms with Crippen molar-refractivity contribution in [2.24, 2.45) is 5.92 Å². The number of pyridine rings is 2. The highest BCUT2D eigenvalue weighted by atomic mass is 16.5. The number of hydrogen-bond acceptors (Lipinski definition) is 9. The van der Waals surface area contributed by atoms with Crippen LogP contribution in [0.25, 0.3) is 33.7 Å². The van der Waals surface area contributed by atoms with Crippen LogP contribution in [0, 0.1) is 17.2 Å². The summed E-state index contributed by atoms with van der Waals surface area (Å²) in [5.74, 6) is 0.974. The molecule has 7 heterocycles. The highest BCUT2D eigenvalue weighted by molar-refractivity contribution is 5.96. The number of piperidine rings is 3. The molecular formula is C32H31N5O5. The Hall–Kier alpha value is -4.46. The fourth-order valence-electron chi connectivity index (χ4n) is 6.29. The number of rotatable bonds is 6. The molecule has 4 aliphatic rings. The molecular weight excluding hydrogens is 534 g/mol. The Labute approximate surface area is 242 Å². The second kappa shape index (κ2) is 11.1. The molecule has 0 radical (unpaired) electrons. The van der Waals surface area contributed by atoms with Gasteiger partial charge >= 0.3 is 0 Å². The smallest absolute Gasteiger partial charge is 0.253 e. The Morgan fingerprint density at radius 3 is 2.67 bits per heavy atom. The van der Waals surface area contributed by atoms with E-state index in [4.69, 9.17) is 13.9 Å². The van der Waals surface area contributed by atoms with Gasteiger partial charge in [-0.1, -0.05) is 6.07 Å². The molecule has 10 heteroatoms. The third kappa shape index (κ3) is 5.06. The van der Waals surface area contributed by atoms with Crippen molar-refractivity contribution in [3.05, 3.63) is 59.9 Å². The molecule has 0 aliphatic carbocycles. The Bertz CT molecular complexity index is 1680. The SMILES string of the molecule is N#Cc1cc(-c2ccnc3cc(-c4ncc(C(=O)NC5CN6CCC5CC6)cc4O)oc23)ccc1OC1CCOCC1.